The van der Waals surface area contributed by atoms with Gasteiger partial charge in [-0.05, 0) is 73.9 Å². The number of nitrogens with zero attached hydrogens (tertiary/aromatic N) is 2. The molecular weight excluding hydrogens is 535 g/mol. The van der Waals surface area contributed by atoms with Crippen LogP contribution in [0.15, 0.2) is 42.5 Å². The number of likely N-dealkylation sites (tertiary alicyclic amines) is 1. The van der Waals surface area contributed by atoms with Crippen LogP contribution in [0.4, 0.5) is 18.9 Å². The summed E-state index contributed by atoms with van der Waals surface area (Å²) in [7, 11) is 0. The highest BCUT2D eigenvalue weighted by molar-refractivity contribution is 5.81. The number of piperidine rings is 2. The average molecular weight is 574 g/mol. The zero-order valence-corrected chi connectivity index (χ0v) is 23.3. The van der Waals surface area contributed by atoms with Crippen LogP contribution in [-0.2, 0) is 20.5 Å². The first-order valence-electron chi connectivity index (χ1n) is 14.6. The molecular formula is C31H38F3N3O4. The van der Waals surface area contributed by atoms with Crippen molar-refractivity contribution < 1.29 is 32.6 Å². The van der Waals surface area contributed by atoms with E-state index in [0.717, 1.165) is 17.2 Å². The van der Waals surface area contributed by atoms with Crippen molar-refractivity contribution in [1.82, 2.24) is 10.2 Å². The lowest BCUT2D eigenvalue weighted by Crippen LogP contribution is -2.43. The van der Waals surface area contributed by atoms with Gasteiger partial charge >= 0.3 is 12.1 Å². The molecule has 2 aromatic carbocycles. The van der Waals surface area contributed by atoms with Crippen LogP contribution in [0.5, 0.6) is 5.75 Å². The highest BCUT2D eigenvalue weighted by Gasteiger charge is 2.39. The minimum Gasteiger partial charge on any atom is -0.508 e. The van der Waals surface area contributed by atoms with Gasteiger partial charge in [-0.15, -0.1) is 0 Å². The Balaban J connectivity index is 1.28. The molecule has 3 heterocycles. The summed E-state index contributed by atoms with van der Waals surface area (Å²) in [5, 5.41) is 13.0. The fourth-order valence-electron chi connectivity index (χ4n) is 6.61. The Hall–Kier alpha value is -3.27. The molecule has 0 radical (unpaired) electrons. The lowest BCUT2D eigenvalue weighted by atomic mass is 9.84. The van der Waals surface area contributed by atoms with Gasteiger partial charge in [0.2, 0.25) is 5.91 Å². The predicted octanol–water partition coefficient (Wildman–Crippen LogP) is 4.90. The van der Waals surface area contributed by atoms with Crippen molar-refractivity contribution in [2.45, 2.75) is 50.6 Å². The number of carbonyl (C=O) groups is 2. The number of phenols is 1. The lowest BCUT2D eigenvalue weighted by molar-refractivity contribution is -0.148. The molecule has 2 atom stereocenters. The molecule has 3 fully saturated rings. The molecule has 0 aliphatic carbocycles. The van der Waals surface area contributed by atoms with Crippen LogP contribution in [0.3, 0.4) is 0 Å². The molecule has 0 bridgehead atoms. The molecule has 2 N–H and O–H groups in total. The Labute approximate surface area is 238 Å². The quantitative estimate of drug-likeness (QED) is 0.479. The van der Waals surface area contributed by atoms with E-state index in [1.165, 1.54) is 6.07 Å². The Kier molecular flexibility index (Phi) is 8.77. The third-order valence-electron chi connectivity index (χ3n) is 8.91. The van der Waals surface area contributed by atoms with E-state index in [1.54, 1.807) is 25.1 Å². The number of anilines is 1. The van der Waals surface area contributed by atoms with Gasteiger partial charge in [-0.3, -0.25) is 9.59 Å². The molecule has 0 spiro atoms. The first kappa shape index (κ1) is 29.2. The van der Waals surface area contributed by atoms with Gasteiger partial charge in [-0.2, -0.15) is 13.2 Å². The van der Waals surface area contributed by atoms with E-state index in [-0.39, 0.29) is 41.3 Å². The minimum absolute atomic E-state index is 0.0277. The molecule has 0 unspecified atom stereocenters. The van der Waals surface area contributed by atoms with Gasteiger partial charge in [-0.1, -0.05) is 18.2 Å². The third kappa shape index (κ3) is 6.47. The summed E-state index contributed by atoms with van der Waals surface area (Å²) in [4.78, 5) is 29.6. The zero-order chi connectivity index (χ0) is 29.1. The number of esters is 1. The maximum absolute atomic E-state index is 13.7. The van der Waals surface area contributed by atoms with Gasteiger partial charge in [0.05, 0.1) is 24.0 Å². The largest absolute Gasteiger partial charge is 0.508 e. The van der Waals surface area contributed by atoms with Crippen molar-refractivity contribution in [3.63, 3.8) is 0 Å². The molecule has 41 heavy (non-hydrogen) atoms. The number of phenolic OH excluding ortho intramolecular Hbond substituents is 1. The normalized spacial score (nSPS) is 22.6. The van der Waals surface area contributed by atoms with Crippen LogP contribution >= 0.6 is 0 Å². The van der Waals surface area contributed by atoms with Gasteiger partial charge in [0, 0.05) is 50.9 Å². The lowest BCUT2D eigenvalue weighted by Gasteiger charge is -2.38. The van der Waals surface area contributed by atoms with E-state index in [1.807, 2.05) is 21.9 Å². The highest BCUT2D eigenvalue weighted by Crippen LogP contribution is 2.41. The number of rotatable bonds is 6. The Morgan fingerprint density at radius 1 is 0.976 bits per heavy atom. The average Bonchev–Trinajstić information content (AvgIpc) is 3.47. The number of amides is 1. The van der Waals surface area contributed by atoms with Gasteiger partial charge in [-0.25, -0.2) is 0 Å². The van der Waals surface area contributed by atoms with Crippen LogP contribution in [0.1, 0.15) is 61.1 Å². The van der Waals surface area contributed by atoms with Gasteiger partial charge < -0.3 is 25.0 Å². The molecule has 3 saturated heterocycles. The maximum atomic E-state index is 13.7. The summed E-state index contributed by atoms with van der Waals surface area (Å²) in [5.74, 6) is -0.313. The smallest absolute Gasteiger partial charge is 0.416 e. The second-order valence-electron chi connectivity index (χ2n) is 11.3. The molecule has 2 aromatic rings. The molecule has 7 nitrogen and oxygen atoms in total. The predicted molar refractivity (Wildman–Crippen MR) is 149 cm³/mol. The number of hydrogen-bond donors (Lipinski definition) is 2. The van der Waals surface area contributed by atoms with Crippen LogP contribution in [-0.4, -0.2) is 67.8 Å². The number of alkyl halides is 3. The zero-order valence-electron chi connectivity index (χ0n) is 23.3. The molecule has 5 rings (SSSR count). The van der Waals surface area contributed by atoms with Crippen molar-refractivity contribution >= 4 is 17.6 Å². The number of halogens is 3. The number of ether oxygens (including phenoxy) is 1. The summed E-state index contributed by atoms with van der Waals surface area (Å²) in [6, 6.07) is 11.0. The van der Waals surface area contributed by atoms with Crippen molar-refractivity contribution in [3.8, 4) is 5.75 Å². The Bertz CT molecular complexity index is 1220. The fraction of sp³-hybridized carbons (Fsp3) is 0.548. The molecule has 1 amide bonds. The molecule has 10 heteroatoms. The number of benzene rings is 2. The first-order valence-corrected chi connectivity index (χ1v) is 14.6. The summed E-state index contributed by atoms with van der Waals surface area (Å²) in [6.07, 6.45) is -2.02. The minimum atomic E-state index is -4.45. The van der Waals surface area contributed by atoms with E-state index in [0.29, 0.717) is 77.2 Å². The van der Waals surface area contributed by atoms with Crippen LogP contribution in [0, 0.1) is 11.8 Å². The van der Waals surface area contributed by atoms with Crippen LogP contribution in [0.25, 0.3) is 0 Å². The van der Waals surface area contributed by atoms with E-state index < -0.39 is 11.7 Å². The van der Waals surface area contributed by atoms with Gasteiger partial charge in [0.1, 0.15) is 5.75 Å². The molecule has 222 valence electrons. The highest BCUT2D eigenvalue weighted by atomic mass is 19.4. The Morgan fingerprint density at radius 2 is 1.66 bits per heavy atom. The van der Waals surface area contributed by atoms with E-state index in [4.69, 9.17) is 4.74 Å². The van der Waals surface area contributed by atoms with Crippen molar-refractivity contribution in [2.75, 3.05) is 50.8 Å². The first-order chi connectivity index (χ1) is 19.7. The number of aromatic hydroxyl groups is 1. The molecule has 3 aliphatic heterocycles. The van der Waals surface area contributed by atoms with E-state index in [9.17, 15) is 27.9 Å². The second-order valence-corrected chi connectivity index (χ2v) is 11.3. The van der Waals surface area contributed by atoms with Crippen molar-refractivity contribution in [2.24, 2.45) is 11.8 Å². The summed E-state index contributed by atoms with van der Waals surface area (Å²) >= 11 is 0. The topological polar surface area (TPSA) is 82.1 Å². The summed E-state index contributed by atoms with van der Waals surface area (Å²) in [5.41, 5.74) is 1.80. The number of carbonyl (C=O) groups excluding carboxylic acids is 2. The van der Waals surface area contributed by atoms with E-state index >= 15 is 0 Å². The van der Waals surface area contributed by atoms with Crippen LogP contribution in [0.2, 0.25) is 0 Å². The summed E-state index contributed by atoms with van der Waals surface area (Å²) in [6.45, 7) is 5.44. The van der Waals surface area contributed by atoms with E-state index in [2.05, 4.69) is 5.32 Å². The van der Waals surface area contributed by atoms with Crippen LogP contribution < -0.4 is 10.2 Å². The molecule has 0 aromatic heterocycles. The fourth-order valence-corrected chi connectivity index (χ4v) is 6.61. The van der Waals surface area contributed by atoms with Crippen molar-refractivity contribution in [3.05, 3.63) is 59.2 Å². The second kappa shape index (κ2) is 12.3. The molecule has 0 saturated carbocycles. The standard InChI is InChI=1S/C31H38F3N3O4/c1-2-41-30(40)22-11-13-36(14-12-22)28-17-23(31(32,33)34)5-8-25(28)21-9-15-37(16-10-21)29(39)27-19-35-18-26(27)20-3-6-24(38)7-4-20/h3-8,17,21-22,26-27,35,38H,2,9-16,18-19H2,1H3/t26-,27+/m0/s1. The number of hydrogen-bond acceptors (Lipinski definition) is 6. The van der Waals surface area contributed by atoms with Gasteiger partial charge in [0.25, 0.3) is 0 Å². The molecule has 3 aliphatic rings. The number of nitrogens with one attached hydrogen (secondary N) is 1. The Morgan fingerprint density at radius 3 is 2.29 bits per heavy atom. The monoisotopic (exact) mass is 573 g/mol. The SMILES string of the molecule is CCOC(=O)C1CCN(c2cc(C(F)(F)F)ccc2C2CCN(C(=O)[C@@H]3CNC[C@H]3c3ccc(O)cc3)CC2)CC1. The van der Waals surface area contributed by atoms with Gasteiger partial charge in [0.15, 0.2) is 0 Å². The van der Waals surface area contributed by atoms with Crippen molar-refractivity contribution in [1.29, 1.82) is 0 Å². The third-order valence-corrected chi connectivity index (χ3v) is 8.91. The summed E-state index contributed by atoms with van der Waals surface area (Å²) < 4.78 is 46.2. The maximum Gasteiger partial charge on any atom is 0.416 e.